The average Bonchev–Trinajstić information content (AvgIpc) is 2.40. The predicted molar refractivity (Wildman–Crippen MR) is 47.2 cm³/mol. The van der Waals surface area contributed by atoms with E-state index < -0.39 is 53.1 Å². The summed E-state index contributed by atoms with van der Waals surface area (Å²) in [6, 6.07) is 0. The Labute approximate surface area is 97.1 Å². The Hall–Kier alpha value is -2.97. The van der Waals surface area contributed by atoms with Gasteiger partial charge in [0.25, 0.3) is 40.5 Å². The zero-order valence-corrected chi connectivity index (χ0v) is 8.33. The number of rotatable bonds is 8. The van der Waals surface area contributed by atoms with E-state index in [4.69, 9.17) is 0 Å². The lowest BCUT2D eigenvalue weighted by atomic mass is 10.0. The molecule has 9 nitrogen and oxygen atoms in total. The van der Waals surface area contributed by atoms with E-state index in [0.29, 0.717) is 0 Å². The third-order valence-corrected chi connectivity index (χ3v) is 1.49. The summed E-state index contributed by atoms with van der Waals surface area (Å²) < 4.78 is 0. The second kappa shape index (κ2) is 5.94. The maximum atomic E-state index is 10.9. The molecule has 0 aromatic rings. The molecule has 0 rings (SSSR count). The first-order valence-corrected chi connectivity index (χ1v) is 3.98. The van der Waals surface area contributed by atoms with E-state index in [-0.39, 0.29) is 0 Å². The average molecular weight is 254 g/mol. The van der Waals surface area contributed by atoms with Crippen molar-refractivity contribution in [3.05, 3.63) is 0 Å². The molecule has 0 bridgehead atoms. The summed E-state index contributed by atoms with van der Waals surface area (Å²) in [7, 11) is 0. The Bertz CT molecular complexity index is 476. The molecule has 0 heterocycles. The quantitative estimate of drug-likeness (QED) is 0.242. The molecular weight excluding hydrogens is 252 g/mol. The van der Waals surface area contributed by atoms with Gasteiger partial charge in [0.1, 0.15) is 0 Å². The SMILES string of the molecule is O=CC(=O)C(=O)C(=O)C(=O)C(=O)C(=O)C(=O)C=O. The fourth-order valence-electron chi connectivity index (χ4n) is 0.640. The van der Waals surface area contributed by atoms with Crippen LogP contribution in [0, 0.1) is 0 Å². The summed E-state index contributed by atoms with van der Waals surface area (Å²) in [5.74, 6) is -14.8. The molecule has 9 heteroatoms. The van der Waals surface area contributed by atoms with Crippen molar-refractivity contribution in [2.45, 2.75) is 0 Å². The summed E-state index contributed by atoms with van der Waals surface area (Å²) in [5.41, 5.74) is 0. The molecule has 0 atom stereocenters. The molecule has 0 fully saturated rings. The molecule has 0 amide bonds. The van der Waals surface area contributed by atoms with E-state index in [2.05, 4.69) is 0 Å². The first-order chi connectivity index (χ1) is 8.27. The van der Waals surface area contributed by atoms with Crippen LogP contribution in [0.25, 0.3) is 0 Å². The van der Waals surface area contributed by atoms with Gasteiger partial charge in [-0.3, -0.25) is 43.2 Å². The number of carbonyl (C=O) groups excluding carboxylic acids is 9. The Kier molecular flexibility index (Phi) is 4.96. The monoisotopic (exact) mass is 254 g/mol. The van der Waals surface area contributed by atoms with Crippen LogP contribution >= 0.6 is 0 Å². The number of hydrogen-bond acceptors (Lipinski definition) is 9. The van der Waals surface area contributed by atoms with E-state index in [9.17, 15) is 43.2 Å². The van der Waals surface area contributed by atoms with E-state index >= 15 is 0 Å². The molecule has 92 valence electrons. The number of hydrogen-bond donors (Lipinski definition) is 0. The standard InChI is InChI=1S/C9H2O9/c10-1-3(12)5(14)7(16)9(18)8(17)6(15)4(13)2-11/h1-2H. The summed E-state index contributed by atoms with van der Waals surface area (Å²) >= 11 is 0. The molecule has 0 radical (unpaired) electrons. The van der Waals surface area contributed by atoms with Crippen LogP contribution in [0.1, 0.15) is 0 Å². The zero-order chi connectivity index (χ0) is 14.5. The normalized spacial score (nSPS) is 8.89. The van der Waals surface area contributed by atoms with Gasteiger partial charge in [-0.1, -0.05) is 0 Å². The van der Waals surface area contributed by atoms with Gasteiger partial charge in [-0.15, -0.1) is 0 Å². The predicted octanol–water partition coefficient (Wildman–Crippen LogP) is -3.63. The molecule has 0 aromatic heterocycles. The van der Waals surface area contributed by atoms with Crippen molar-refractivity contribution in [1.82, 2.24) is 0 Å². The molecule has 0 aliphatic rings. The van der Waals surface area contributed by atoms with E-state index in [1.165, 1.54) is 0 Å². The van der Waals surface area contributed by atoms with Crippen LogP contribution in [0.2, 0.25) is 0 Å². The minimum absolute atomic E-state index is 0.573. The highest BCUT2D eigenvalue weighted by atomic mass is 16.2. The highest BCUT2D eigenvalue weighted by molar-refractivity contribution is 6.99. The Morgan fingerprint density at radius 2 is 0.667 bits per heavy atom. The van der Waals surface area contributed by atoms with Crippen molar-refractivity contribution < 1.29 is 43.2 Å². The van der Waals surface area contributed by atoms with Gasteiger partial charge in [-0.25, -0.2) is 0 Å². The number of Topliss-reactive ketones (excluding diaryl/α,β-unsaturated/α-hetero) is 7. The van der Waals surface area contributed by atoms with Crippen molar-refractivity contribution in [3.8, 4) is 0 Å². The molecule has 0 spiro atoms. The molecule has 0 saturated carbocycles. The molecule has 0 aliphatic carbocycles. The van der Waals surface area contributed by atoms with Crippen LogP contribution in [0.4, 0.5) is 0 Å². The number of aldehydes is 2. The van der Waals surface area contributed by atoms with Crippen LogP contribution in [0.3, 0.4) is 0 Å². The second-order valence-electron chi connectivity index (χ2n) is 2.61. The molecule has 0 saturated heterocycles. The van der Waals surface area contributed by atoms with Gasteiger partial charge in [-0.2, -0.15) is 0 Å². The highest BCUT2D eigenvalue weighted by Gasteiger charge is 2.38. The van der Waals surface area contributed by atoms with Gasteiger partial charge < -0.3 is 0 Å². The van der Waals surface area contributed by atoms with Gasteiger partial charge in [0, 0.05) is 0 Å². The molecule has 18 heavy (non-hydrogen) atoms. The maximum Gasteiger partial charge on any atom is 0.281 e. The lowest BCUT2D eigenvalue weighted by molar-refractivity contribution is -0.154. The second-order valence-corrected chi connectivity index (χ2v) is 2.61. The third-order valence-electron chi connectivity index (χ3n) is 1.49. The molecular formula is C9H2O9. The summed E-state index contributed by atoms with van der Waals surface area (Å²) in [5, 5.41) is 0. The van der Waals surface area contributed by atoms with Gasteiger partial charge in [0.2, 0.25) is 0 Å². The minimum Gasteiger partial charge on any atom is -0.294 e. The lowest BCUT2D eigenvalue weighted by Gasteiger charge is -1.93. The Morgan fingerprint density at radius 1 is 0.444 bits per heavy atom. The van der Waals surface area contributed by atoms with Crippen molar-refractivity contribution in [3.63, 3.8) is 0 Å². The van der Waals surface area contributed by atoms with Gasteiger partial charge in [0.05, 0.1) is 0 Å². The van der Waals surface area contributed by atoms with Crippen LogP contribution < -0.4 is 0 Å². The van der Waals surface area contributed by atoms with Crippen LogP contribution in [-0.4, -0.2) is 53.1 Å². The first-order valence-electron chi connectivity index (χ1n) is 3.98. The topological polar surface area (TPSA) is 154 Å². The number of ketones is 7. The third kappa shape index (κ3) is 3.01. The highest BCUT2D eigenvalue weighted by Crippen LogP contribution is 1.88. The molecule has 0 unspecified atom stereocenters. The molecule has 0 aliphatic heterocycles. The minimum atomic E-state index is -2.27. The largest absolute Gasteiger partial charge is 0.294 e. The van der Waals surface area contributed by atoms with Crippen LogP contribution in [0.15, 0.2) is 0 Å². The van der Waals surface area contributed by atoms with E-state index in [0.717, 1.165) is 0 Å². The Balaban J connectivity index is 5.09. The van der Waals surface area contributed by atoms with Crippen molar-refractivity contribution >= 4 is 53.1 Å². The van der Waals surface area contributed by atoms with Crippen molar-refractivity contribution in [2.75, 3.05) is 0 Å². The number of carbonyl (C=O) groups is 9. The van der Waals surface area contributed by atoms with Gasteiger partial charge >= 0.3 is 0 Å². The fraction of sp³-hybridized carbons (Fsp3) is 0. The Morgan fingerprint density at radius 3 is 0.889 bits per heavy atom. The maximum absolute atomic E-state index is 10.9. The molecule has 0 aromatic carbocycles. The van der Waals surface area contributed by atoms with E-state index in [1.807, 2.05) is 0 Å². The van der Waals surface area contributed by atoms with Crippen molar-refractivity contribution in [2.24, 2.45) is 0 Å². The van der Waals surface area contributed by atoms with Gasteiger partial charge in [-0.05, 0) is 0 Å². The van der Waals surface area contributed by atoms with Crippen LogP contribution in [0.5, 0.6) is 0 Å². The smallest absolute Gasteiger partial charge is 0.281 e. The van der Waals surface area contributed by atoms with Crippen LogP contribution in [-0.2, 0) is 43.2 Å². The summed E-state index contributed by atoms with van der Waals surface area (Å²) in [6.45, 7) is 0. The summed E-state index contributed by atoms with van der Waals surface area (Å²) in [6.07, 6.45) is -1.15. The lowest BCUT2D eigenvalue weighted by Crippen LogP contribution is -2.40. The fourth-order valence-corrected chi connectivity index (χ4v) is 0.640. The molecule has 0 N–H and O–H groups in total. The zero-order valence-electron chi connectivity index (χ0n) is 8.33. The van der Waals surface area contributed by atoms with Crippen molar-refractivity contribution in [1.29, 1.82) is 0 Å². The summed E-state index contributed by atoms with van der Waals surface area (Å²) in [4.78, 5) is 94.6. The first kappa shape index (κ1) is 15.0. The van der Waals surface area contributed by atoms with Gasteiger partial charge in [0.15, 0.2) is 12.6 Å². The van der Waals surface area contributed by atoms with E-state index in [1.54, 1.807) is 0 Å².